The summed E-state index contributed by atoms with van der Waals surface area (Å²) in [5, 5.41) is 0. The summed E-state index contributed by atoms with van der Waals surface area (Å²) in [6.07, 6.45) is 26.2. The maximum Gasteiger partial charge on any atom is 0.131 e. The lowest BCUT2D eigenvalue weighted by Gasteiger charge is -2.28. The maximum atomic E-state index is 7.01. The van der Waals surface area contributed by atoms with E-state index in [4.69, 9.17) is 27.2 Å². The minimum absolute atomic E-state index is 0.215. The third kappa shape index (κ3) is 10.8. The van der Waals surface area contributed by atoms with E-state index in [1.165, 1.54) is 42.5 Å². The molecule has 5 unspecified atom stereocenters. The lowest BCUT2D eigenvalue weighted by Crippen LogP contribution is -2.37. The number of aliphatic imine (C=N–C) groups is 2. The lowest BCUT2D eigenvalue weighted by molar-refractivity contribution is 0.240. The molecule has 0 aromatic heterocycles. The van der Waals surface area contributed by atoms with Crippen LogP contribution in [-0.4, -0.2) is 59.4 Å². The molecule has 1 saturated heterocycles. The Labute approximate surface area is 310 Å². The fourth-order valence-electron chi connectivity index (χ4n) is 7.46. The fourth-order valence-corrected chi connectivity index (χ4v) is 7.54. The summed E-state index contributed by atoms with van der Waals surface area (Å²) in [5.74, 6) is 1.96. The molecule has 0 radical (unpaired) electrons. The van der Waals surface area contributed by atoms with Crippen molar-refractivity contribution < 1.29 is 0 Å². The van der Waals surface area contributed by atoms with Gasteiger partial charge in [-0.2, -0.15) is 0 Å². The van der Waals surface area contributed by atoms with Crippen LogP contribution in [0.15, 0.2) is 104 Å². The van der Waals surface area contributed by atoms with E-state index < -0.39 is 0 Å². The normalized spacial score (nSPS) is 25.7. The summed E-state index contributed by atoms with van der Waals surface area (Å²) in [7, 11) is 2.11. The number of allylic oxidation sites excluding steroid dienone is 12. The first kappa shape index (κ1) is 41.5. The zero-order valence-corrected chi connectivity index (χ0v) is 33.3. The number of nitrogens with zero attached hydrogens (tertiary/aromatic N) is 4. The van der Waals surface area contributed by atoms with Gasteiger partial charge in [0.25, 0.3) is 0 Å². The van der Waals surface area contributed by atoms with Gasteiger partial charge in [-0.15, -0.1) is 12.6 Å². The lowest BCUT2D eigenvalue weighted by atomic mass is 9.88. The highest BCUT2D eigenvalue weighted by molar-refractivity contribution is 7.84. The highest BCUT2D eigenvalue weighted by Gasteiger charge is 2.55. The van der Waals surface area contributed by atoms with Gasteiger partial charge >= 0.3 is 0 Å². The van der Waals surface area contributed by atoms with E-state index >= 15 is 0 Å². The van der Waals surface area contributed by atoms with E-state index in [0.717, 1.165) is 71.9 Å². The standard InChI is InChI=1S/C42H67N7S/c1-10-13-20-33(11-2)25-34(22-23-36(44)32(8)40(46-28-43)39-30(6)18-14-15-19-31(39)7)49-27-42(49,24-17-16-21-35(50)12-3)47-41-37(45)26-38(29(4)5)48(41)9/h12,14,16-19,21,26,29,33-34,37,50H,3,10-11,13,15,20,22-25,27-28,43-45H2,1-2,4-9H3/b17-16-,35-21+,36-32-,46-40+,47-41+. The van der Waals surface area contributed by atoms with Gasteiger partial charge < -0.3 is 22.1 Å². The van der Waals surface area contributed by atoms with Crippen LogP contribution in [0.5, 0.6) is 0 Å². The number of hydrogen-bond donors (Lipinski definition) is 4. The average Bonchev–Trinajstić information content (AvgIpc) is 3.77. The first-order chi connectivity index (χ1) is 23.8. The number of likely N-dealkylation sites (N-methyl/N-ethyl adjacent to an activating group) is 1. The molecule has 2 heterocycles. The van der Waals surface area contributed by atoms with Crippen LogP contribution in [0.25, 0.3) is 0 Å². The Hall–Kier alpha value is -2.91. The van der Waals surface area contributed by atoms with Crippen LogP contribution in [0.2, 0.25) is 0 Å². The van der Waals surface area contributed by atoms with Crippen molar-refractivity contribution in [2.24, 2.45) is 39.0 Å². The maximum absolute atomic E-state index is 7.01. The van der Waals surface area contributed by atoms with Crippen molar-refractivity contribution >= 4 is 24.2 Å². The van der Waals surface area contributed by atoms with E-state index in [1.54, 1.807) is 6.08 Å². The Morgan fingerprint density at radius 1 is 1.22 bits per heavy atom. The Morgan fingerprint density at radius 3 is 2.58 bits per heavy atom. The van der Waals surface area contributed by atoms with Crippen LogP contribution in [-0.2, 0) is 0 Å². The molecule has 0 aromatic rings. The number of unbranched alkanes of at least 4 members (excludes halogenated alkanes) is 1. The molecule has 3 rings (SSSR count). The van der Waals surface area contributed by atoms with E-state index in [2.05, 4.69) is 121 Å². The second-order valence-corrected chi connectivity index (χ2v) is 15.1. The summed E-state index contributed by atoms with van der Waals surface area (Å²) in [4.78, 5) is 16.0. The van der Waals surface area contributed by atoms with Crippen molar-refractivity contribution in [2.75, 3.05) is 20.3 Å². The van der Waals surface area contributed by atoms with Crippen molar-refractivity contribution in [3.8, 4) is 0 Å². The number of amidine groups is 1. The Kier molecular flexibility index (Phi) is 16.3. The molecular weight excluding hydrogens is 635 g/mol. The predicted molar refractivity (Wildman–Crippen MR) is 221 cm³/mol. The molecule has 7 nitrogen and oxygen atoms in total. The topological polar surface area (TPSA) is 109 Å². The molecule has 0 aromatic carbocycles. The average molecular weight is 702 g/mol. The number of hydrogen-bond acceptors (Lipinski definition) is 7. The van der Waals surface area contributed by atoms with Gasteiger partial charge in [0.1, 0.15) is 11.5 Å². The summed E-state index contributed by atoms with van der Waals surface area (Å²) in [6.45, 7) is 20.4. The Bertz CT molecular complexity index is 1470. The van der Waals surface area contributed by atoms with Gasteiger partial charge in [0, 0.05) is 47.9 Å². The van der Waals surface area contributed by atoms with Crippen molar-refractivity contribution in [2.45, 2.75) is 124 Å². The van der Waals surface area contributed by atoms with E-state index in [0.29, 0.717) is 17.9 Å². The molecule has 0 spiro atoms. The van der Waals surface area contributed by atoms with Gasteiger partial charge in [-0.3, -0.25) is 9.89 Å². The van der Waals surface area contributed by atoms with Crippen LogP contribution in [0.4, 0.5) is 0 Å². The number of nitrogens with two attached hydrogens (primary N) is 3. The van der Waals surface area contributed by atoms with Crippen molar-refractivity contribution in [1.29, 1.82) is 0 Å². The predicted octanol–water partition coefficient (Wildman–Crippen LogP) is 8.72. The number of rotatable bonds is 19. The molecule has 0 amide bonds. The summed E-state index contributed by atoms with van der Waals surface area (Å²) >= 11 is 4.49. The second kappa shape index (κ2) is 19.6. The van der Waals surface area contributed by atoms with E-state index in [-0.39, 0.29) is 18.4 Å². The zero-order chi connectivity index (χ0) is 37.0. The van der Waals surface area contributed by atoms with Crippen LogP contribution < -0.4 is 17.2 Å². The van der Waals surface area contributed by atoms with E-state index in [1.807, 2.05) is 6.08 Å². The summed E-state index contributed by atoms with van der Waals surface area (Å²) in [5.41, 5.74) is 27.0. The summed E-state index contributed by atoms with van der Waals surface area (Å²) < 4.78 is 0. The molecule has 2 aliphatic heterocycles. The van der Waals surface area contributed by atoms with Gasteiger partial charge in [0.2, 0.25) is 0 Å². The number of thiol groups is 1. The van der Waals surface area contributed by atoms with Crippen molar-refractivity contribution in [1.82, 2.24) is 9.80 Å². The Morgan fingerprint density at radius 2 is 1.96 bits per heavy atom. The molecule has 6 N–H and O–H groups in total. The highest BCUT2D eigenvalue weighted by Crippen LogP contribution is 2.44. The monoisotopic (exact) mass is 702 g/mol. The van der Waals surface area contributed by atoms with Crippen molar-refractivity contribution in [3.05, 3.63) is 93.8 Å². The van der Waals surface area contributed by atoms with Crippen LogP contribution in [0.3, 0.4) is 0 Å². The van der Waals surface area contributed by atoms with Gasteiger partial charge in [0.05, 0.1) is 18.4 Å². The summed E-state index contributed by atoms with van der Waals surface area (Å²) in [6, 6.07) is 0.108. The van der Waals surface area contributed by atoms with Gasteiger partial charge in [0.15, 0.2) is 0 Å². The van der Waals surface area contributed by atoms with Crippen LogP contribution in [0, 0.1) is 11.8 Å². The Balaban J connectivity index is 2.01. The smallest absolute Gasteiger partial charge is 0.131 e. The first-order valence-corrected chi connectivity index (χ1v) is 19.3. The van der Waals surface area contributed by atoms with Gasteiger partial charge in [-0.05, 0) is 87.2 Å². The van der Waals surface area contributed by atoms with Crippen LogP contribution >= 0.6 is 12.6 Å². The van der Waals surface area contributed by atoms with Gasteiger partial charge in [-0.25, -0.2) is 4.99 Å². The minimum atomic E-state index is -0.360. The molecule has 8 heteroatoms. The van der Waals surface area contributed by atoms with Crippen molar-refractivity contribution in [3.63, 3.8) is 0 Å². The SMILES string of the molecule is C=C/C(S)=C\C=C/CC1(/N=C2\C(N)C=C(C(C)C)N2C)CN1C(CC/C(N)=C(C)/C(=N\CN)C1=C(C)C=CCC=C1C)CC(CC)CCCC. The third-order valence-electron chi connectivity index (χ3n) is 10.6. The molecule has 0 bridgehead atoms. The molecule has 5 atom stereocenters. The molecule has 1 aliphatic carbocycles. The minimum Gasteiger partial charge on any atom is -0.402 e. The van der Waals surface area contributed by atoms with E-state index in [9.17, 15) is 0 Å². The second-order valence-electron chi connectivity index (χ2n) is 14.6. The first-order valence-electron chi connectivity index (χ1n) is 18.8. The molecule has 276 valence electrons. The zero-order valence-electron chi connectivity index (χ0n) is 32.4. The molecule has 1 fully saturated rings. The highest BCUT2D eigenvalue weighted by atomic mass is 32.1. The molecular formula is C42H67N7S. The molecule has 3 aliphatic rings. The molecule has 0 saturated carbocycles. The van der Waals surface area contributed by atoms with Crippen LogP contribution in [0.1, 0.15) is 106 Å². The fraction of sp³-hybridized carbons (Fsp3) is 0.571. The van der Waals surface area contributed by atoms with Gasteiger partial charge in [-0.1, -0.05) is 96.4 Å². The molecule has 50 heavy (non-hydrogen) atoms. The largest absolute Gasteiger partial charge is 0.402 e. The third-order valence-corrected chi connectivity index (χ3v) is 10.9. The quantitative estimate of drug-likeness (QED) is 0.0466.